The third kappa shape index (κ3) is 6.39. The van der Waals surface area contributed by atoms with Gasteiger partial charge in [-0.3, -0.25) is 4.79 Å². The molecule has 0 aliphatic carbocycles. The van der Waals surface area contributed by atoms with E-state index in [1.165, 1.54) is 0 Å². The molecule has 0 aliphatic heterocycles. The number of hydrogen-bond donors (Lipinski definition) is 1. The van der Waals surface area contributed by atoms with Crippen LogP contribution < -0.4 is 5.32 Å². The lowest BCUT2D eigenvalue weighted by molar-refractivity contribution is -0.118. The van der Waals surface area contributed by atoms with Gasteiger partial charge in [0.25, 0.3) is 0 Å². The van der Waals surface area contributed by atoms with Crippen molar-refractivity contribution in [1.82, 2.24) is 10.3 Å². The Morgan fingerprint density at radius 2 is 1.83 bits per heavy atom. The first-order valence-electron chi connectivity index (χ1n) is 9.73. The number of amides is 1. The Hall–Kier alpha value is -2.73. The van der Waals surface area contributed by atoms with E-state index in [9.17, 15) is 9.59 Å². The Kier molecular flexibility index (Phi) is 6.64. The first kappa shape index (κ1) is 21.0. The van der Waals surface area contributed by atoms with Gasteiger partial charge in [0.2, 0.25) is 0 Å². The van der Waals surface area contributed by atoms with Crippen molar-refractivity contribution < 1.29 is 14.3 Å². The average molecular weight is 411 g/mol. The van der Waals surface area contributed by atoms with Gasteiger partial charge in [-0.1, -0.05) is 36.4 Å². The van der Waals surface area contributed by atoms with E-state index in [-0.39, 0.29) is 5.78 Å². The summed E-state index contributed by atoms with van der Waals surface area (Å²) in [4.78, 5) is 28.5. The summed E-state index contributed by atoms with van der Waals surface area (Å²) in [5.74, 6) is 0.123. The lowest BCUT2D eigenvalue weighted by Crippen LogP contribution is -2.33. The summed E-state index contributed by atoms with van der Waals surface area (Å²) in [5.41, 5.74) is 2.71. The summed E-state index contributed by atoms with van der Waals surface area (Å²) in [5, 5.41) is 3.50. The summed E-state index contributed by atoms with van der Waals surface area (Å²) in [6.45, 7) is 5.87. The summed E-state index contributed by atoms with van der Waals surface area (Å²) < 4.78 is 6.26. The largest absolute Gasteiger partial charge is 0.444 e. The molecule has 1 amide bonds. The third-order valence-corrected chi connectivity index (χ3v) is 5.21. The Labute approximate surface area is 175 Å². The SMILES string of the molecule is CC(C)(C)OC(=O)NCCCC(=O)Cc1nc2ccc(-c3ccccc3)cc2s1. The van der Waals surface area contributed by atoms with E-state index in [4.69, 9.17) is 4.74 Å². The smallest absolute Gasteiger partial charge is 0.407 e. The van der Waals surface area contributed by atoms with Crippen LogP contribution in [0.25, 0.3) is 21.3 Å². The third-order valence-electron chi connectivity index (χ3n) is 4.19. The van der Waals surface area contributed by atoms with Crippen LogP contribution in [0, 0.1) is 0 Å². The molecule has 0 saturated carbocycles. The number of rotatable bonds is 7. The number of nitrogens with one attached hydrogen (secondary N) is 1. The number of carbonyl (C=O) groups excluding carboxylic acids is 2. The quantitative estimate of drug-likeness (QED) is 0.531. The van der Waals surface area contributed by atoms with E-state index in [0.717, 1.165) is 26.4 Å². The van der Waals surface area contributed by atoms with Gasteiger partial charge in [-0.05, 0) is 50.5 Å². The zero-order valence-electron chi connectivity index (χ0n) is 17.0. The zero-order chi connectivity index (χ0) is 20.9. The maximum Gasteiger partial charge on any atom is 0.407 e. The van der Waals surface area contributed by atoms with E-state index in [1.807, 2.05) is 45.0 Å². The normalized spacial score (nSPS) is 11.4. The van der Waals surface area contributed by atoms with Crippen molar-refractivity contribution >= 4 is 33.4 Å². The van der Waals surface area contributed by atoms with E-state index in [0.29, 0.717) is 25.8 Å². The van der Waals surface area contributed by atoms with Crippen molar-refractivity contribution in [2.75, 3.05) is 6.54 Å². The fourth-order valence-corrected chi connectivity index (χ4v) is 3.94. The Morgan fingerprint density at radius 1 is 1.07 bits per heavy atom. The Bertz CT molecular complexity index is 990. The molecular weight excluding hydrogens is 384 g/mol. The van der Waals surface area contributed by atoms with Crippen LogP contribution in [0.15, 0.2) is 48.5 Å². The maximum atomic E-state index is 12.3. The van der Waals surface area contributed by atoms with Crippen molar-refractivity contribution in [3.8, 4) is 11.1 Å². The lowest BCUT2D eigenvalue weighted by Gasteiger charge is -2.19. The fraction of sp³-hybridized carbons (Fsp3) is 0.348. The molecule has 0 unspecified atom stereocenters. The Balaban J connectivity index is 1.51. The molecule has 0 fully saturated rings. The molecule has 0 aliphatic rings. The van der Waals surface area contributed by atoms with Crippen LogP contribution >= 0.6 is 11.3 Å². The summed E-state index contributed by atoms with van der Waals surface area (Å²) in [6.07, 6.45) is 0.861. The van der Waals surface area contributed by atoms with Crippen molar-refractivity contribution in [1.29, 1.82) is 0 Å². The van der Waals surface area contributed by atoms with Gasteiger partial charge in [-0.2, -0.15) is 0 Å². The number of ether oxygens (including phenoxy) is 1. The molecule has 5 nitrogen and oxygen atoms in total. The highest BCUT2D eigenvalue weighted by atomic mass is 32.1. The van der Waals surface area contributed by atoms with E-state index in [2.05, 4.69) is 34.6 Å². The minimum absolute atomic E-state index is 0.123. The second kappa shape index (κ2) is 9.18. The van der Waals surface area contributed by atoms with E-state index < -0.39 is 11.7 Å². The number of hydrogen-bond acceptors (Lipinski definition) is 5. The molecule has 0 bridgehead atoms. The minimum Gasteiger partial charge on any atom is -0.444 e. The van der Waals surface area contributed by atoms with Gasteiger partial charge in [0.15, 0.2) is 0 Å². The summed E-state index contributed by atoms with van der Waals surface area (Å²) in [6, 6.07) is 16.4. The van der Waals surface area contributed by atoms with Crippen LogP contribution in [-0.2, 0) is 16.0 Å². The number of carbonyl (C=O) groups is 2. The van der Waals surface area contributed by atoms with Gasteiger partial charge in [-0.15, -0.1) is 11.3 Å². The highest BCUT2D eigenvalue weighted by Crippen LogP contribution is 2.28. The number of Topliss-reactive ketones (excluding diaryl/α,β-unsaturated/α-hetero) is 1. The molecule has 3 aromatic rings. The molecule has 1 N–H and O–H groups in total. The van der Waals surface area contributed by atoms with Crippen LogP contribution in [0.2, 0.25) is 0 Å². The van der Waals surface area contributed by atoms with Crippen molar-refractivity contribution in [3.05, 3.63) is 53.5 Å². The Morgan fingerprint density at radius 3 is 2.55 bits per heavy atom. The van der Waals surface area contributed by atoms with E-state index in [1.54, 1.807) is 11.3 Å². The first-order valence-corrected chi connectivity index (χ1v) is 10.6. The molecule has 152 valence electrons. The van der Waals surface area contributed by atoms with Crippen molar-refractivity contribution in [2.45, 2.75) is 45.6 Å². The predicted molar refractivity (Wildman–Crippen MR) is 117 cm³/mol. The van der Waals surface area contributed by atoms with Gasteiger partial charge >= 0.3 is 6.09 Å². The standard InChI is InChI=1S/C23H26N2O3S/c1-23(2,3)28-22(27)24-13-7-10-18(26)15-21-25-19-12-11-17(14-20(19)29-21)16-8-5-4-6-9-16/h4-6,8-9,11-12,14H,7,10,13,15H2,1-3H3,(H,24,27). The van der Waals surface area contributed by atoms with Crippen LogP contribution in [0.3, 0.4) is 0 Å². The topological polar surface area (TPSA) is 68.3 Å². The summed E-state index contributed by atoms with van der Waals surface area (Å²) >= 11 is 1.56. The molecule has 3 rings (SSSR count). The number of nitrogens with zero attached hydrogens (tertiary/aromatic N) is 1. The fourth-order valence-electron chi connectivity index (χ4n) is 2.91. The molecule has 6 heteroatoms. The van der Waals surface area contributed by atoms with Gasteiger partial charge in [0.05, 0.1) is 16.6 Å². The van der Waals surface area contributed by atoms with Crippen LogP contribution in [0.5, 0.6) is 0 Å². The molecule has 0 spiro atoms. The molecule has 29 heavy (non-hydrogen) atoms. The summed E-state index contributed by atoms with van der Waals surface area (Å²) in [7, 11) is 0. The lowest BCUT2D eigenvalue weighted by atomic mass is 10.1. The molecule has 1 heterocycles. The highest BCUT2D eigenvalue weighted by Gasteiger charge is 2.16. The van der Waals surface area contributed by atoms with Gasteiger partial charge in [0, 0.05) is 13.0 Å². The van der Waals surface area contributed by atoms with Gasteiger partial charge in [-0.25, -0.2) is 9.78 Å². The predicted octanol–water partition coefficient (Wildman–Crippen LogP) is 5.38. The van der Waals surface area contributed by atoms with Gasteiger partial charge in [0.1, 0.15) is 16.4 Å². The first-order chi connectivity index (χ1) is 13.8. The zero-order valence-corrected chi connectivity index (χ0v) is 17.8. The molecule has 1 aromatic heterocycles. The molecule has 0 atom stereocenters. The molecular formula is C23H26N2O3S. The number of thiazole rings is 1. The van der Waals surface area contributed by atoms with Crippen LogP contribution in [0.4, 0.5) is 4.79 Å². The monoisotopic (exact) mass is 410 g/mol. The van der Waals surface area contributed by atoms with Crippen LogP contribution in [-0.4, -0.2) is 29.0 Å². The highest BCUT2D eigenvalue weighted by molar-refractivity contribution is 7.18. The van der Waals surface area contributed by atoms with Crippen molar-refractivity contribution in [2.24, 2.45) is 0 Å². The van der Waals surface area contributed by atoms with Crippen molar-refractivity contribution in [3.63, 3.8) is 0 Å². The minimum atomic E-state index is -0.521. The number of fused-ring (bicyclic) bond motifs is 1. The molecule has 2 aromatic carbocycles. The average Bonchev–Trinajstić information content (AvgIpc) is 3.06. The van der Waals surface area contributed by atoms with Crippen LogP contribution in [0.1, 0.15) is 38.6 Å². The number of aromatic nitrogens is 1. The number of benzene rings is 2. The molecule has 0 saturated heterocycles. The maximum absolute atomic E-state index is 12.3. The van der Waals surface area contributed by atoms with E-state index >= 15 is 0 Å². The second-order valence-corrected chi connectivity index (χ2v) is 9.02. The molecule has 0 radical (unpaired) electrons. The number of alkyl carbamates (subject to hydrolysis) is 1. The van der Waals surface area contributed by atoms with Gasteiger partial charge < -0.3 is 10.1 Å². The number of ketones is 1. The second-order valence-electron chi connectivity index (χ2n) is 7.90.